The van der Waals surface area contributed by atoms with Crippen molar-refractivity contribution in [2.45, 2.75) is 39.0 Å². The Hall–Kier alpha value is -0.795. The van der Waals surface area contributed by atoms with E-state index >= 15 is 0 Å². The van der Waals surface area contributed by atoms with Gasteiger partial charge in [-0.15, -0.1) is 0 Å². The van der Waals surface area contributed by atoms with Gasteiger partial charge in [0.1, 0.15) is 0 Å². The Balaban J connectivity index is 4.03. The summed E-state index contributed by atoms with van der Waals surface area (Å²) in [6.45, 7) is 8.30. The molecular formula is C8H19BN2O. The maximum Gasteiger partial charge on any atom is 0.199 e. The largest absolute Gasteiger partial charge is 0.482 e. The second-order valence-electron chi connectivity index (χ2n) is 4.03. The van der Waals surface area contributed by atoms with E-state index in [1.165, 1.54) is 6.20 Å². The van der Waals surface area contributed by atoms with Crippen LogP contribution in [0.3, 0.4) is 0 Å². The van der Waals surface area contributed by atoms with Gasteiger partial charge in [-0.25, -0.2) is 0 Å². The van der Waals surface area contributed by atoms with Crippen LogP contribution in [0.4, 0.5) is 0 Å². The van der Waals surface area contributed by atoms with Crippen molar-refractivity contribution in [1.29, 1.82) is 0 Å². The van der Waals surface area contributed by atoms with E-state index in [9.17, 15) is 0 Å². The highest BCUT2D eigenvalue weighted by Crippen LogP contribution is 2.15. The Morgan fingerprint density at radius 1 is 1.50 bits per heavy atom. The lowest BCUT2D eigenvalue weighted by Gasteiger charge is -2.26. The normalized spacial score (nSPS) is 13.2. The van der Waals surface area contributed by atoms with Crippen molar-refractivity contribution < 1.29 is 4.74 Å². The Morgan fingerprint density at radius 2 is 2.00 bits per heavy atom. The number of rotatable bonds is 4. The Labute approximate surface area is 75.4 Å². The smallest absolute Gasteiger partial charge is 0.199 e. The average Bonchev–Trinajstić information content (AvgIpc) is 1.83. The van der Waals surface area contributed by atoms with Crippen molar-refractivity contribution in [3.8, 4) is 0 Å². The topological polar surface area (TPSA) is 61.3 Å². The molecule has 0 aromatic rings. The van der Waals surface area contributed by atoms with Crippen LogP contribution in [0, 0.1) is 0 Å². The molecule has 0 fully saturated rings. The summed E-state index contributed by atoms with van der Waals surface area (Å²) >= 11 is 0. The third-order valence-electron chi connectivity index (χ3n) is 1.46. The highest BCUT2D eigenvalue weighted by molar-refractivity contribution is 6.41. The molecule has 0 aromatic heterocycles. The first-order valence-electron chi connectivity index (χ1n) is 4.24. The second kappa shape index (κ2) is 4.29. The standard InChI is InChI=1S/C8H19BN2O/c1-6(2)9-8(3,4)12-7(11)5-10/h5-6,9H,10-11H2,1-4H3/b7-5-. The fourth-order valence-corrected chi connectivity index (χ4v) is 1.38. The van der Waals surface area contributed by atoms with E-state index in [2.05, 4.69) is 13.8 Å². The molecule has 0 radical (unpaired) electrons. The molecule has 0 saturated carbocycles. The van der Waals surface area contributed by atoms with Crippen LogP contribution in [0.2, 0.25) is 5.82 Å². The molecule has 0 aromatic carbocycles. The minimum atomic E-state index is -0.228. The van der Waals surface area contributed by atoms with Gasteiger partial charge < -0.3 is 16.2 Å². The molecule has 0 saturated heterocycles. The predicted molar refractivity (Wildman–Crippen MR) is 53.9 cm³/mol. The van der Waals surface area contributed by atoms with Crippen molar-refractivity contribution >= 4 is 7.28 Å². The van der Waals surface area contributed by atoms with Crippen LogP contribution in [0.25, 0.3) is 0 Å². The van der Waals surface area contributed by atoms with E-state index in [1.54, 1.807) is 0 Å². The Morgan fingerprint density at radius 3 is 2.33 bits per heavy atom. The fourth-order valence-electron chi connectivity index (χ4n) is 1.38. The van der Waals surface area contributed by atoms with Gasteiger partial charge in [0.2, 0.25) is 0 Å². The molecule has 0 aliphatic heterocycles. The minimum Gasteiger partial charge on any atom is -0.482 e. The molecule has 0 aliphatic rings. The Bertz CT molecular complexity index is 166. The van der Waals surface area contributed by atoms with E-state index in [4.69, 9.17) is 16.2 Å². The van der Waals surface area contributed by atoms with Gasteiger partial charge in [0.25, 0.3) is 0 Å². The van der Waals surface area contributed by atoms with Crippen LogP contribution in [0.1, 0.15) is 27.7 Å². The third-order valence-corrected chi connectivity index (χ3v) is 1.46. The highest BCUT2D eigenvalue weighted by Gasteiger charge is 2.23. The van der Waals surface area contributed by atoms with Crippen molar-refractivity contribution in [2.75, 3.05) is 0 Å². The molecule has 12 heavy (non-hydrogen) atoms. The van der Waals surface area contributed by atoms with E-state index in [0.29, 0.717) is 11.7 Å². The highest BCUT2D eigenvalue weighted by atomic mass is 16.5. The molecule has 4 heteroatoms. The molecule has 0 atom stereocenters. The molecular weight excluding hydrogens is 151 g/mol. The molecule has 70 valence electrons. The zero-order valence-electron chi connectivity index (χ0n) is 8.42. The van der Waals surface area contributed by atoms with Gasteiger partial charge in [-0.2, -0.15) is 0 Å². The monoisotopic (exact) mass is 170 g/mol. The predicted octanol–water partition coefficient (Wildman–Crippen LogP) is 0.720. The van der Waals surface area contributed by atoms with Crippen LogP contribution in [-0.2, 0) is 4.74 Å². The zero-order chi connectivity index (χ0) is 9.78. The molecule has 0 amide bonds. The maximum atomic E-state index is 5.45. The van der Waals surface area contributed by atoms with Gasteiger partial charge in [-0.05, 0) is 13.8 Å². The minimum absolute atomic E-state index is 0.228. The lowest BCUT2D eigenvalue weighted by atomic mass is 9.54. The van der Waals surface area contributed by atoms with E-state index in [-0.39, 0.29) is 5.50 Å². The molecule has 0 spiro atoms. The van der Waals surface area contributed by atoms with Gasteiger partial charge >= 0.3 is 0 Å². The third kappa shape index (κ3) is 4.94. The number of ether oxygens (including phenoxy) is 1. The van der Waals surface area contributed by atoms with Gasteiger partial charge in [0.05, 0.1) is 11.7 Å². The zero-order valence-corrected chi connectivity index (χ0v) is 8.42. The fraction of sp³-hybridized carbons (Fsp3) is 0.750. The van der Waals surface area contributed by atoms with Gasteiger partial charge in [-0.3, -0.25) is 0 Å². The molecule has 0 heterocycles. The number of hydrogen-bond donors (Lipinski definition) is 2. The lowest BCUT2D eigenvalue weighted by Crippen LogP contribution is -2.35. The summed E-state index contributed by atoms with van der Waals surface area (Å²) in [4.78, 5) is 0. The van der Waals surface area contributed by atoms with Crippen molar-refractivity contribution in [2.24, 2.45) is 11.5 Å². The quantitative estimate of drug-likeness (QED) is 0.482. The van der Waals surface area contributed by atoms with Crippen LogP contribution in [0.5, 0.6) is 0 Å². The molecule has 0 aliphatic carbocycles. The van der Waals surface area contributed by atoms with E-state index < -0.39 is 0 Å². The van der Waals surface area contributed by atoms with Gasteiger partial charge in [0, 0.05) is 0 Å². The summed E-state index contributed by atoms with van der Waals surface area (Å²) in [5, 5.41) is 0. The van der Waals surface area contributed by atoms with Crippen LogP contribution < -0.4 is 11.5 Å². The van der Waals surface area contributed by atoms with E-state index in [1.807, 2.05) is 13.8 Å². The first-order valence-corrected chi connectivity index (χ1v) is 4.24. The van der Waals surface area contributed by atoms with Crippen LogP contribution in [-0.4, -0.2) is 12.8 Å². The SMILES string of the molecule is CC(C)BC(C)(C)O/C(N)=C\N. The average molecular weight is 170 g/mol. The lowest BCUT2D eigenvalue weighted by molar-refractivity contribution is 0.102. The van der Waals surface area contributed by atoms with Crippen LogP contribution >= 0.6 is 0 Å². The summed E-state index contributed by atoms with van der Waals surface area (Å²) in [5.41, 5.74) is 10.4. The summed E-state index contributed by atoms with van der Waals surface area (Å²) < 4.78 is 5.41. The first-order chi connectivity index (χ1) is 5.37. The van der Waals surface area contributed by atoms with Crippen molar-refractivity contribution in [1.82, 2.24) is 0 Å². The number of hydrogen-bond acceptors (Lipinski definition) is 3. The second-order valence-corrected chi connectivity index (χ2v) is 4.03. The summed E-state index contributed by atoms with van der Waals surface area (Å²) in [5.74, 6) is 0.881. The molecule has 0 unspecified atom stereocenters. The van der Waals surface area contributed by atoms with Gasteiger partial charge in [-0.1, -0.05) is 19.7 Å². The van der Waals surface area contributed by atoms with Crippen LogP contribution in [0.15, 0.2) is 12.1 Å². The van der Waals surface area contributed by atoms with Gasteiger partial charge in [0.15, 0.2) is 13.2 Å². The number of nitrogens with two attached hydrogens (primary N) is 2. The van der Waals surface area contributed by atoms with Crippen molar-refractivity contribution in [3.05, 3.63) is 12.1 Å². The maximum absolute atomic E-state index is 5.45. The summed E-state index contributed by atoms with van der Waals surface area (Å²) in [6, 6.07) is 0. The summed E-state index contributed by atoms with van der Waals surface area (Å²) in [6.07, 6.45) is 1.28. The first kappa shape index (κ1) is 11.2. The summed E-state index contributed by atoms with van der Waals surface area (Å²) in [7, 11) is 0.960. The Kier molecular flexibility index (Phi) is 4.00. The molecule has 3 nitrogen and oxygen atoms in total. The molecule has 4 N–H and O–H groups in total. The molecule has 0 rings (SSSR count). The van der Waals surface area contributed by atoms with Crippen molar-refractivity contribution in [3.63, 3.8) is 0 Å². The van der Waals surface area contributed by atoms with E-state index in [0.717, 1.165) is 7.28 Å². The molecule has 0 bridgehead atoms.